The molecule has 0 bridgehead atoms. The molecule has 0 N–H and O–H groups in total. The molecule has 4 atom stereocenters. The number of halogens is 2. The molecule has 0 aromatic heterocycles. The monoisotopic (exact) mass is 516 g/mol. The third kappa shape index (κ3) is 5.69. The fourth-order valence-corrected chi connectivity index (χ4v) is 9.37. The average molecular weight is 518 g/mol. The van der Waals surface area contributed by atoms with Gasteiger partial charge in [-0.2, -0.15) is 0 Å². The molecule has 2 aromatic rings. The highest BCUT2D eigenvalue weighted by Gasteiger charge is 2.38. The first-order valence-corrected chi connectivity index (χ1v) is 14.9. The van der Waals surface area contributed by atoms with Crippen molar-refractivity contribution in [2.45, 2.75) is 83.4 Å². The van der Waals surface area contributed by atoms with Crippen molar-refractivity contribution < 1.29 is 16.8 Å². The summed E-state index contributed by atoms with van der Waals surface area (Å²) in [6.07, 6.45) is 4.79. The molecule has 4 nitrogen and oxygen atoms in total. The number of sulfone groups is 2. The number of hydrogen-bond donors (Lipinski definition) is 0. The van der Waals surface area contributed by atoms with E-state index in [9.17, 15) is 16.8 Å². The van der Waals surface area contributed by atoms with E-state index in [1.165, 1.54) is 0 Å². The maximum Gasteiger partial charge on any atom is 0.182 e. The molecule has 2 fully saturated rings. The van der Waals surface area contributed by atoms with E-state index in [0.29, 0.717) is 22.6 Å². The Labute approximate surface area is 202 Å². The van der Waals surface area contributed by atoms with Gasteiger partial charge in [-0.3, -0.25) is 0 Å². The second kappa shape index (κ2) is 10.5. The van der Waals surface area contributed by atoms with Gasteiger partial charge in [-0.25, -0.2) is 16.8 Å². The van der Waals surface area contributed by atoms with Crippen LogP contribution in [0.5, 0.6) is 0 Å². The van der Waals surface area contributed by atoms with Crippen LogP contribution in [0.25, 0.3) is 0 Å². The number of hydrogen-bond acceptors (Lipinski definition) is 4. The molecule has 2 aromatic carbocycles. The predicted molar refractivity (Wildman–Crippen MR) is 131 cm³/mol. The van der Waals surface area contributed by atoms with Crippen LogP contribution in [0.15, 0.2) is 58.3 Å². The topological polar surface area (TPSA) is 68.3 Å². The number of benzene rings is 2. The summed E-state index contributed by atoms with van der Waals surface area (Å²) in [6.45, 7) is 3.88. The van der Waals surface area contributed by atoms with E-state index >= 15 is 0 Å². The van der Waals surface area contributed by atoms with Crippen molar-refractivity contribution in [1.29, 1.82) is 0 Å². The summed E-state index contributed by atoms with van der Waals surface area (Å²) >= 11 is 12.1. The Morgan fingerprint density at radius 1 is 0.594 bits per heavy atom. The lowest BCUT2D eigenvalue weighted by atomic mass is 10.2. The quantitative estimate of drug-likeness (QED) is 0.477. The van der Waals surface area contributed by atoms with Gasteiger partial charge in [0.25, 0.3) is 0 Å². The van der Waals surface area contributed by atoms with Crippen molar-refractivity contribution >= 4 is 42.9 Å². The predicted octanol–water partition coefficient (Wildman–Crippen LogP) is 5.86. The van der Waals surface area contributed by atoms with Crippen LogP contribution in [0.2, 0.25) is 0 Å². The summed E-state index contributed by atoms with van der Waals surface area (Å²) in [5, 5.41) is -1.27. The van der Waals surface area contributed by atoms with E-state index in [1.807, 2.05) is 38.1 Å². The van der Waals surface area contributed by atoms with Gasteiger partial charge in [-0.1, -0.05) is 48.2 Å². The van der Waals surface area contributed by atoms with Gasteiger partial charge in [0.2, 0.25) is 0 Å². The maximum absolute atomic E-state index is 12.3. The largest absolute Gasteiger partial charge is 0.223 e. The number of aryl methyl sites for hydroxylation is 2. The van der Waals surface area contributed by atoms with Crippen molar-refractivity contribution in [1.82, 2.24) is 0 Å². The fourth-order valence-electron chi connectivity index (χ4n) is 4.27. The third-order valence-corrected chi connectivity index (χ3v) is 12.2. The van der Waals surface area contributed by atoms with E-state index in [2.05, 4.69) is 0 Å². The Morgan fingerprint density at radius 2 is 0.906 bits per heavy atom. The van der Waals surface area contributed by atoms with Gasteiger partial charge < -0.3 is 0 Å². The highest BCUT2D eigenvalue weighted by molar-refractivity contribution is 7.92. The molecular formula is C24H30Cl2O4S2. The zero-order valence-electron chi connectivity index (χ0n) is 18.4. The maximum atomic E-state index is 12.3. The first kappa shape index (κ1) is 25.5. The zero-order valence-corrected chi connectivity index (χ0v) is 21.5. The van der Waals surface area contributed by atoms with Gasteiger partial charge in [-0.15, -0.1) is 23.2 Å². The van der Waals surface area contributed by atoms with E-state index in [4.69, 9.17) is 23.2 Å². The molecule has 0 amide bonds. The van der Waals surface area contributed by atoms with Crippen LogP contribution in [0.4, 0.5) is 0 Å². The Kier molecular flexibility index (Phi) is 8.35. The molecule has 4 unspecified atom stereocenters. The lowest BCUT2D eigenvalue weighted by molar-refractivity contribution is 0.579. The molecule has 4 rings (SSSR count). The molecule has 0 spiro atoms. The fraction of sp³-hybridized carbons (Fsp3) is 0.500. The first-order valence-electron chi connectivity index (χ1n) is 10.9. The second-order valence-electron chi connectivity index (χ2n) is 8.69. The van der Waals surface area contributed by atoms with Crippen molar-refractivity contribution in [3.8, 4) is 0 Å². The summed E-state index contributed by atoms with van der Waals surface area (Å²) < 4.78 is 49.1. The summed E-state index contributed by atoms with van der Waals surface area (Å²) in [7, 11) is -6.47. The summed E-state index contributed by atoms with van der Waals surface area (Å²) in [6, 6.07) is 14.0. The molecule has 0 aliphatic heterocycles. The Hall–Kier alpha value is -1.08. The van der Waals surface area contributed by atoms with E-state index in [1.54, 1.807) is 24.3 Å². The lowest BCUT2D eigenvalue weighted by Crippen LogP contribution is -2.25. The minimum Gasteiger partial charge on any atom is -0.223 e. The smallest absolute Gasteiger partial charge is 0.182 e. The van der Waals surface area contributed by atoms with Crippen molar-refractivity contribution in [2.24, 2.45) is 0 Å². The Balaban J connectivity index is 0.000000181. The number of alkyl halides is 2. The number of rotatable bonds is 4. The third-order valence-electron chi connectivity index (χ3n) is 6.24. The molecule has 32 heavy (non-hydrogen) atoms. The Morgan fingerprint density at radius 3 is 1.16 bits per heavy atom. The SMILES string of the molecule is Cc1ccc(S(=O)(=O)C2CCCC2Cl)cc1.Cc1ccc(S(=O)(=O)C2CCCC2Cl)cc1. The second-order valence-corrected chi connectivity index (χ2v) is 14.1. The summed E-state index contributed by atoms with van der Waals surface area (Å²) in [4.78, 5) is 0.798. The minimum absolute atomic E-state index is 0.230. The molecule has 0 saturated heterocycles. The van der Waals surface area contributed by atoms with Crippen molar-refractivity contribution in [3.05, 3.63) is 59.7 Å². The molecule has 0 radical (unpaired) electrons. The average Bonchev–Trinajstić information content (AvgIpc) is 3.38. The van der Waals surface area contributed by atoms with Crippen LogP contribution in [0.1, 0.15) is 49.7 Å². The Bertz CT molecular complexity index is 1020. The zero-order chi connectivity index (χ0) is 23.5. The minimum atomic E-state index is -3.24. The van der Waals surface area contributed by atoms with Gasteiger partial charge in [0, 0.05) is 0 Å². The van der Waals surface area contributed by atoms with E-state index in [0.717, 1.165) is 36.8 Å². The van der Waals surface area contributed by atoms with Gasteiger partial charge in [0.15, 0.2) is 19.7 Å². The van der Waals surface area contributed by atoms with E-state index < -0.39 is 30.2 Å². The lowest BCUT2D eigenvalue weighted by Gasteiger charge is -2.14. The van der Waals surface area contributed by atoms with Crippen molar-refractivity contribution in [3.63, 3.8) is 0 Å². The van der Waals surface area contributed by atoms with E-state index in [-0.39, 0.29) is 10.8 Å². The van der Waals surface area contributed by atoms with Crippen LogP contribution in [0, 0.1) is 13.8 Å². The van der Waals surface area contributed by atoms with Gasteiger partial charge in [-0.05, 0) is 63.8 Å². The molecule has 8 heteroatoms. The summed E-state index contributed by atoms with van der Waals surface area (Å²) in [5.74, 6) is 0. The molecular weight excluding hydrogens is 487 g/mol. The first-order chi connectivity index (χ1) is 15.0. The van der Waals surface area contributed by atoms with Gasteiger partial charge in [0.05, 0.1) is 31.0 Å². The van der Waals surface area contributed by atoms with Crippen LogP contribution < -0.4 is 0 Å². The van der Waals surface area contributed by atoms with Crippen LogP contribution >= 0.6 is 23.2 Å². The van der Waals surface area contributed by atoms with Crippen LogP contribution in [-0.2, 0) is 19.7 Å². The molecule has 2 saturated carbocycles. The summed E-state index contributed by atoms with van der Waals surface area (Å²) in [5.41, 5.74) is 2.13. The van der Waals surface area contributed by atoms with Crippen LogP contribution in [-0.4, -0.2) is 38.1 Å². The molecule has 176 valence electrons. The molecule has 2 aliphatic rings. The van der Waals surface area contributed by atoms with Crippen LogP contribution in [0.3, 0.4) is 0 Å². The van der Waals surface area contributed by atoms with Crippen molar-refractivity contribution in [2.75, 3.05) is 0 Å². The highest BCUT2D eigenvalue weighted by atomic mass is 35.5. The molecule has 0 heterocycles. The molecule has 2 aliphatic carbocycles. The van der Waals surface area contributed by atoms with Gasteiger partial charge >= 0.3 is 0 Å². The standard InChI is InChI=1S/2C12H15ClO2S/c2*1-9-5-7-10(8-6-9)16(14,15)12-4-2-3-11(12)13/h2*5-8,11-12H,2-4H2,1H3. The highest BCUT2D eigenvalue weighted by Crippen LogP contribution is 2.34. The normalized spacial score (nSPS) is 25.9. The van der Waals surface area contributed by atoms with Gasteiger partial charge in [0.1, 0.15) is 0 Å².